The molecule has 0 unspecified atom stereocenters. The van der Waals surface area contributed by atoms with E-state index in [0.717, 1.165) is 21.0 Å². The maximum atomic E-state index is 12.2. The molecule has 7 heteroatoms. The van der Waals surface area contributed by atoms with Crippen molar-refractivity contribution in [3.63, 3.8) is 0 Å². The Morgan fingerprint density at radius 1 is 1.25 bits per heavy atom. The molecular weight excluding hydrogens is 365 g/mol. The van der Waals surface area contributed by atoms with Gasteiger partial charge in [-0.25, -0.2) is 9.97 Å². The minimum Gasteiger partial charge on any atom is -0.298 e. The topological polar surface area (TPSA) is 54.9 Å². The van der Waals surface area contributed by atoms with Crippen molar-refractivity contribution in [1.29, 1.82) is 0 Å². The van der Waals surface area contributed by atoms with E-state index in [0.29, 0.717) is 17.1 Å². The third kappa shape index (κ3) is 3.93. The number of anilines is 1. The van der Waals surface area contributed by atoms with Gasteiger partial charge in [0, 0.05) is 28.7 Å². The van der Waals surface area contributed by atoms with Crippen LogP contribution in [0.3, 0.4) is 0 Å². The lowest BCUT2D eigenvalue weighted by molar-refractivity contribution is 0.102. The number of carbonyl (C=O) groups is 1. The molecule has 1 aromatic carbocycles. The maximum Gasteiger partial charge on any atom is 0.260 e. The summed E-state index contributed by atoms with van der Waals surface area (Å²) in [6.45, 7) is 1.97. The van der Waals surface area contributed by atoms with Gasteiger partial charge in [-0.2, -0.15) is 0 Å². The first-order valence-corrected chi connectivity index (χ1v) is 8.72. The third-order valence-corrected chi connectivity index (χ3v) is 5.01. The summed E-state index contributed by atoms with van der Waals surface area (Å²) in [4.78, 5) is 21.4. The van der Waals surface area contributed by atoms with E-state index in [9.17, 15) is 4.79 Å². The molecule has 2 aromatic heterocycles. The summed E-state index contributed by atoms with van der Waals surface area (Å²) in [6, 6.07) is 9.26. The van der Waals surface area contributed by atoms with E-state index in [1.54, 1.807) is 18.3 Å². The highest BCUT2D eigenvalue weighted by molar-refractivity contribution is 7.15. The van der Waals surface area contributed by atoms with Crippen molar-refractivity contribution in [2.45, 2.75) is 13.3 Å². The van der Waals surface area contributed by atoms with Crippen molar-refractivity contribution in [2.24, 2.45) is 0 Å². The number of hydrogen-bond donors (Lipinski definition) is 1. The number of thiazole rings is 1. The quantitative estimate of drug-likeness (QED) is 0.651. The standard InChI is InChI=1S/C17H13Cl2N3OS/c1-10-4-5-11(8-14(10)18)7-12-9-21-17(24-12)22-16(23)13-3-2-6-20-15(13)19/h2-6,8-9H,7H2,1H3,(H,21,22,23). The molecule has 4 nitrogen and oxygen atoms in total. The van der Waals surface area contributed by atoms with E-state index < -0.39 is 0 Å². The molecule has 24 heavy (non-hydrogen) atoms. The number of benzene rings is 1. The molecule has 0 aliphatic carbocycles. The summed E-state index contributed by atoms with van der Waals surface area (Å²) >= 11 is 13.5. The summed E-state index contributed by atoms with van der Waals surface area (Å²) in [5.74, 6) is -0.326. The van der Waals surface area contributed by atoms with Gasteiger partial charge in [0.2, 0.25) is 0 Å². The van der Waals surface area contributed by atoms with Crippen LogP contribution in [-0.2, 0) is 6.42 Å². The molecule has 3 rings (SSSR count). The van der Waals surface area contributed by atoms with Crippen LogP contribution in [0.2, 0.25) is 10.2 Å². The van der Waals surface area contributed by atoms with Crippen LogP contribution in [0.25, 0.3) is 0 Å². The molecule has 3 aromatic rings. The van der Waals surface area contributed by atoms with Gasteiger partial charge in [0.25, 0.3) is 5.91 Å². The molecule has 1 N–H and O–H groups in total. The van der Waals surface area contributed by atoms with E-state index >= 15 is 0 Å². The molecule has 0 atom stereocenters. The average Bonchev–Trinajstić information content (AvgIpc) is 2.98. The zero-order chi connectivity index (χ0) is 17.1. The Morgan fingerprint density at radius 3 is 2.83 bits per heavy atom. The lowest BCUT2D eigenvalue weighted by Crippen LogP contribution is -2.12. The zero-order valence-electron chi connectivity index (χ0n) is 12.7. The van der Waals surface area contributed by atoms with Crippen molar-refractivity contribution in [3.8, 4) is 0 Å². The van der Waals surface area contributed by atoms with Gasteiger partial charge in [0.15, 0.2) is 5.13 Å². The van der Waals surface area contributed by atoms with Crippen LogP contribution in [0, 0.1) is 6.92 Å². The largest absolute Gasteiger partial charge is 0.298 e. The molecule has 0 aliphatic rings. The Balaban J connectivity index is 1.70. The van der Waals surface area contributed by atoms with Gasteiger partial charge in [0.05, 0.1) is 5.56 Å². The molecule has 1 amide bonds. The number of hydrogen-bond acceptors (Lipinski definition) is 4. The molecule has 0 spiro atoms. The first kappa shape index (κ1) is 16.9. The lowest BCUT2D eigenvalue weighted by atomic mass is 10.1. The molecule has 0 fully saturated rings. The second kappa shape index (κ2) is 7.30. The number of aromatic nitrogens is 2. The van der Waals surface area contributed by atoms with Gasteiger partial charge in [-0.05, 0) is 36.2 Å². The van der Waals surface area contributed by atoms with E-state index in [1.807, 2.05) is 25.1 Å². The number of rotatable bonds is 4. The Hall–Kier alpha value is -1.95. The van der Waals surface area contributed by atoms with Gasteiger partial charge in [0.1, 0.15) is 5.15 Å². The molecule has 122 valence electrons. The predicted molar refractivity (Wildman–Crippen MR) is 98.3 cm³/mol. The van der Waals surface area contributed by atoms with Crippen LogP contribution in [0.15, 0.2) is 42.7 Å². The van der Waals surface area contributed by atoms with E-state index in [1.165, 1.54) is 17.5 Å². The molecule has 0 saturated heterocycles. The van der Waals surface area contributed by atoms with Crippen LogP contribution in [0.1, 0.15) is 26.4 Å². The third-order valence-electron chi connectivity index (χ3n) is 3.39. The van der Waals surface area contributed by atoms with Gasteiger partial charge in [-0.1, -0.05) is 35.3 Å². The Kier molecular flexibility index (Phi) is 5.14. The zero-order valence-corrected chi connectivity index (χ0v) is 15.0. The second-order valence-electron chi connectivity index (χ2n) is 5.19. The fraction of sp³-hybridized carbons (Fsp3) is 0.118. The van der Waals surface area contributed by atoms with Crippen molar-refractivity contribution in [2.75, 3.05) is 5.32 Å². The normalized spacial score (nSPS) is 10.6. The van der Waals surface area contributed by atoms with Crippen molar-refractivity contribution in [3.05, 3.63) is 74.5 Å². The summed E-state index contributed by atoms with van der Waals surface area (Å²) in [5, 5.41) is 4.18. The minimum atomic E-state index is -0.326. The molecule has 0 aliphatic heterocycles. The number of aryl methyl sites for hydroxylation is 1. The number of pyridine rings is 1. The first-order chi connectivity index (χ1) is 11.5. The first-order valence-electron chi connectivity index (χ1n) is 7.14. The van der Waals surface area contributed by atoms with Gasteiger partial charge in [-0.3, -0.25) is 10.1 Å². The number of carbonyl (C=O) groups excluding carboxylic acids is 1. The van der Waals surface area contributed by atoms with Crippen molar-refractivity contribution >= 4 is 45.6 Å². The lowest BCUT2D eigenvalue weighted by Gasteiger charge is -2.03. The highest BCUT2D eigenvalue weighted by Gasteiger charge is 2.13. The SMILES string of the molecule is Cc1ccc(Cc2cnc(NC(=O)c3cccnc3Cl)s2)cc1Cl. The van der Waals surface area contributed by atoms with Crippen LogP contribution in [0.5, 0.6) is 0 Å². The smallest absolute Gasteiger partial charge is 0.260 e. The van der Waals surface area contributed by atoms with Gasteiger partial charge < -0.3 is 0 Å². The van der Waals surface area contributed by atoms with E-state index in [-0.39, 0.29) is 11.1 Å². The number of nitrogens with zero attached hydrogens (tertiary/aromatic N) is 2. The Labute approximate surface area is 153 Å². The number of halogens is 2. The van der Waals surface area contributed by atoms with Crippen molar-refractivity contribution < 1.29 is 4.79 Å². The van der Waals surface area contributed by atoms with Crippen LogP contribution >= 0.6 is 34.5 Å². The predicted octanol–water partition coefficient (Wildman–Crippen LogP) is 5.00. The number of nitrogens with one attached hydrogen (secondary N) is 1. The molecule has 2 heterocycles. The summed E-state index contributed by atoms with van der Waals surface area (Å²) in [7, 11) is 0. The Bertz CT molecular complexity index is 895. The van der Waals surface area contributed by atoms with Crippen molar-refractivity contribution in [1.82, 2.24) is 9.97 Å². The molecule has 0 radical (unpaired) electrons. The summed E-state index contributed by atoms with van der Waals surface area (Å²) < 4.78 is 0. The Morgan fingerprint density at radius 2 is 2.08 bits per heavy atom. The van der Waals surface area contributed by atoms with Gasteiger partial charge >= 0.3 is 0 Å². The van der Waals surface area contributed by atoms with E-state index in [2.05, 4.69) is 15.3 Å². The monoisotopic (exact) mass is 377 g/mol. The summed E-state index contributed by atoms with van der Waals surface area (Å²) in [6.07, 6.45) is 3.99. The molecular formula is C17H13Cl2N3OS. The van der Waals surface area contributed by atoms with Crippen LogP contribution in [-0.4, -0.2) is 15.9 Å². The fourth-order valence-electron chi connectivity index (χ4n) is 2.11. The van der Waals surface area contributed by atoms with E-state index in [4.69, 9.17) is 23.2 Å². The fourth-order valence-corrected chi connectivity index (χ4v) is 3.36. The maximum absolute atomic E-state index is 12.2. The average molecular weight is 378 g/mol. The van der Waals surface area contributed by atoms with Crippen LogP contribution in [0.4, 0.5) is 5.13 Å². The van der Waals surface area contributed by atoms with Gasteiger partial charge in [-0.15, -0.1) is 11.3 Å². The highest BCUT2D eigenvalue weighted by Crippen LogP contribution is 2.24. The molecule has 0 bridgehead atoms. The molecule has 0 saturated carbocycles. The number of amides is 1. The highest BCUT2D eigenvalue weighted by atomic mass is 35.5. The minimum absolute atomic E-state index is 0.168. The summed E-state index contributed by atoms with van der Waals surface area (Å²) in [5.41, 5.74) is 2.47. The second-order valence-corrected chi connectivity index (χ2v) is 7.07. The van der Waals surface area contributed by atoms with Crippen LogP contribution < -0.4 is 5.32 Å².